The van der Waals surface area contributed by atoms with E-state index in [1.165, 1.54) is 32.5 Å². The molecule has 0 spiro atoms. The third-order valence-electron chi connectivity index (χ3n) is 2.91. The zero-order valence-electron chi connectivity index (χ0n) is 11.6. The van der Waals surface area contributed by atoms with Crippen molar-refractivity contribution in [3.05, 3.63) is 47.5 Å². The summed E-state index contributed by atoms with van der Waals surface area (Å²) in [4.78, 5) is 8.52. The Bertz CT molecular complexity index is 575. The Balaban J connectivity index is 2.43. The molecule has 106 valence electrons. The SMILES string of the molecule is CNC(c1ccc(F)cc1)c1ncc(OC)nc1OC. The summed E-state index contributed by atoms with van der Waals surface area (Å²) in [6.45, 7) is 0. The first-order valence-electron chi connectivity index (χ1n) is 6.07. The average molecular weight is 277 g/mol. The molecule has 6 heteroatoms. The highest BCUT2D eigenvalue weighted by Crippen LogP contribution is 2.28. The van der Waals surface area contributed by atoms with Crippen LogP contribution in [0.3, 0.4) is 0 Å². The smallest absolute Gasteiger partial charge is 0.240 e. The second-order valence-corrected chi connectivity index (χ2v) is 4.08. The number of benzene rings is 1. The molecule has 0 bridgehead atoms. The Labute approximate surface area is 116 Å². The first-order valence-corrected chi connectivity index (χ1v) is 6.07. The van der Waals surface area contributed by atoms with Gasteiger partial charge in [-0.3, -0.25) is 0 Å². The minimum Gasteiger partial charge on any atom is -0.480 e. The molecule has 2 aromatic rings. The van der Waals surface area contributed by atoms with Gasteiger partial charge < -0.3 is 14.8 Å². The van der Waals surface area contributed by atoms with Crippen molar-refractivity contribution >= 4 is 0 Å². The van der Waals surface area contributed by atoms with Crippen molar-refractivity contribution in [3.8, 4) is 11.8 Å². The van der Waals surface area contributed by atoms with Gasteiger partial charge in [0.15, 0.2) is 0 Å². The Morgan fingerprint density at radius 2 is 1.85 bits per heavy atom. The van der Waals surface area contributed by atoms with E-state index in [0.717, 1.165) is 5.56 Å². The van der Waals surface area contributed by atoms with Crippen molar-refractivity contribution in [2.24, 2.45) is 0 Å². The van der Waals surface area contributed by atoms with Gasteiger partial charge in [-0.1, -0.05) is 12.1 Å². The van der Waals surface area contributed by atoms with Crippen LogP contribution in [-0.4, -0.2) is 31.2 Å². The predicted octanol–water partition coefficient (Wildman–Crippen LogP) is 1.94. The van der Waals surface area contributed by atoms with Crippen LogP contribution in [0.15, 0.2) is 30.5 Å². The number of aromatic nitrogens is 2. The average Bonchev–Trinajstić information content (AvgIpc) is 2.50. The van der Waals surface area contributed by atoms with Crippen LogP contribution in [0.1, 0.15) is 17.3 Å². The van der Waals surface area contributed by atoms with E-state index < -0.39 is 0 Å². The van der Waals surface area contributed by atoms with E-state index in [2.05, 4.69) is 15.3 Å². The molecule has 0 aliphatic rings. The van der Waals surface area contributed by atoms with Gasteiger partial charge in [0.05, 0.1) is 26.5 Å². The fraction of sp³-hybridized carbons (Fsp3) is 0.286. The van der Waals surface area contributed by atoms with Gasteiger partial charge in [-0.25, -0.2) is 9.37 Å². The third kappa shape index (κ3) is 2.85. The van der Waals surface area contributed by atoms with Gasteiger partial charge >= 0.3 is 0 Å². The fourth-order valence-corrected chi connectivity index (χ4v) is 1.93. The summed E-state index contributed by atoms with van der Waals surface area (Å²) >= 11 is 0. The summed E-state index contributed by atoms with van der Waals surface area (Å²) in [5, 5.41) is 3.12. The van der Waals surface area contributed by atoms with Gasteiger partial charge in [-0.15, -0.1) is 0 Å². The van der Waals surface area contributed by atoms with Crippen molar-refractivity contribution in [1.82, 2.24) is 15.3 Å². The molecular formula is C14H16FN3O2. The molecule has 5 nitrogen and oxygen atoms in total. The molecule has 2 rings (SSSR count). The molecule has 0 fully saturated rings. The van der Waals surface area contributed by atoms with Crippen molar-refractivity contribution in [1.29, 1.82) is 0 Å². The van der Waals surface area contributed by atoms with Crippen LogP contribution in [-0.2, 0) is 0 Å². The van der Waals surface area contributed by atoms with Gasteiger partial charge in [0.2, 0.25) is 11.8 Å². The normalized spacial score (nSPS) is 12.0. The molecule has 1 unspecified atom stereocenters. The first-order chi connectivity index (χ1) is 9.69. The molecule has 0 aliphatic heterocycles. The van der Waals surface area contributed by atoms with Crippen LogP contribution < -0.4 is 14.8 Å². The fourth-order valence-electron chi connectivity index (χ4n) is 1.93. The molecule has 0 saturated carbocycles. The molecule has 1 heterocycles. The van der Waals surface area contributed by atoms with Crippen LogP contribution in [0, 0.1) is 5.82 Å². The molecule has 0 saturated heterocycles. The van der Waals surface area contributed by atoms with Crippen LogP contribution in [0.25, 0.3) is 0 Å². The molecule has 1 aromatic heterocycles. The molecular weight excluding hydrogens is 261 g/mol. The summed E-state index contributed by atoms with van der Waals surface area (Å²) in [5.74, 6) is 0.462. The lowest BCUT2D eigenvalue weighted by Gasteiger charge is -2.18. The predicted molar refractivity (Wildman–Crippen MR) is 72.4 cm³/mol. The summed E-state index contributed by atoms with van der Waals surface area (Å²) < 4.78 is 23.3. The van der Waals surface area contributed by atoms with Crippen molar-refractivity contribution in [2.75, 3.05) is 21.3 Å². The minimum absolute atomic E-state index is 0.246. The number of nitrogens with zero attached hydrogens (tertiary/aromatic N) is 2. The Morgan fingerprint density at radius 1 is 1.15 bits per heavy atom. The van der Waals surface area contributed by atoms with Crippen LogP contribution in [0.4, 0.5) is 4.39 Å². The van der Waals surface area contributed by atoms with Gasteiger partial charge in [-0.2, -0.15) is 4.98 Å². The van der Waals surface area contributed by atoms with E-state index in [1.807, 2.05) is 0 Å². The lowest BCUT2D eigenvalue weighted by atomic mass is 10.0. The second kappa shape index (κ2) is 6.29. The Morgan fingerprint density at radius 3 is 2.40 bits per heavy atom. The van der Waals surface area contributed by atoms with Crippen molar-refractivity contribution in [3.63, 3.8) is 0 Å². The maximum atomic E-state index is 13.0. The Kier molecular flexibility index (Phi) is 4.47. The van der Waals surface area contributed by atoms with E-state index in [0.29, 0.717) is 17.5 Å². The van der Waals surface area contributed by atoms with Crippen molar-refractivity contribution in [2.45, 2.75) is 6.04 Å². The highest BCUT2D eigenvalue weighted by Gasteiger charge is 2.20. The largest absolute Gasteiger partial charge is 0.480 e. The lowest BCUT2D eigenvalue weighted by Crippen LogP contribution is -2.20. The minimum atomic E-state index is -0.281. The molecule has 1 atom stereocenters. The summed E-state index contributed by atoms with van der Waals surface area (Å²) in [5.41, 5.74) is 1.48. The number of hydrogen-bond donors (Lipinski definition) is 1. The maximum Gasteiger partial charge on any atom is 0.240 e. The number of hydrogen-bond acceptors (Lipinski definition) is 5. The second-order valence-electron chi connectivity index (χ2n) is 4.08. The lowest BCUT2D eigenvalue weighted by molar-refractivity contribution is 0.353. The zero-order valence-corrected chi connectivity index (χ0v) is 11.6. The van der Waals surface area contributed by atoms with Crippen LogP contribution in [0.5, 0.6) is 11.8 Å². The number of ether oxygens (including phenoxy) is 2. The van der Waals surface area contributed by atoms with E-state index >= 15 is 0 Å². The monoisotopic (exact) mass is 277 g/mol. The van der Waals surface area contributed by atoms with Crippen LogP contribution >= 0.6 is 0 Å². The summed E-state index contributed by atoms with van der Waals surface area (Å²) in [6.07, 6.45) is 1.52. The first kappa shape index (κ1) is 14.2. The van der Waals surface area contributed by atoms with E-state index in [1.54, 1.807) is 19.2 Å². The topological polar surface area (TPSA) is 56.3 Å². The number of nitrogens with one attached hydrogen (secondary N) is 1. The quantitative estimate of drug-likeness (QED) is 0.905. The molecule has 1 N–H and O–H groups in total. The third-order valence-corrected chi connectivity index (χ3v) is 2.91. The van der Waals surface area contributed by atoms with Gasteiger partial charge in [0.25, 0.3) is 0 Å². The van der Waals surface area contributed by atoms with Gasteiger partial charge in [0, 0.05) is 0 Å². The summed E-state index contributed by atoms with van der Waals surface area (Å²) in [7, 11) is 4.82. The van der Waals surface area contributed by atoms with Crippen LogP contribution in [0.2, 0.25) is 0 Å². The summed E-state index contributed by atoms with van der Waals surface area (Å²) in [6, 6.07) is 5.96. The van der Waals surface area contributed by atoms with E-state index in [4.69, 9.17) is 9.47 Å². The number of methoxy groups -OCH3 is 2. The molecule has 0 aliphatic carbocycles. The number of rotatable bonds is 5. The highest BCUT2D eigenvalue weighted by molar-refractivity contribution is 5.34. The highest BCUT2D eigenvalue weighted by atomic mass is 19.1. The maximum absolute atomic E-state index is 13.0. The van der Waals surface area contributed by atoms with Gasteiger partial charge in [0.1, 0.15) is 11.5 Å². The Hall–Kier alpha value is -2.21. The van der Waals surface area contributed by atoms with Gasteiger partial charge in [-0.05, 0) is 24.7 Å². The standard InChI is InChI=1S/C14H16FN3O2/c1-16-12(9-4-6-10(15)7-5-9)13-14(20-3)18-11(19-2)8-17-13/h4-8,12,16H,1-3H3. The number of halogens is 1. The molecule has 1 aromatic carbocycles. The van der Waals surface area contributed by atoms with Crippen molar-refractivity contribution < 1.29 is 13.9 Å². The molecule has 0 radical (unpaired) electrons. The van der Waals surface area contributed by atoms with E-state index in [-0.39, 0.29) is 11.9 Å². The zero-order chi connectivity index (χ0) is 14.5. The van der Waals surface area contributed by atoms with E-state index in [9.17, 15) is 4.39 Å². The molecule has 20 heavy (non-hydrogen) atoms. The molecule has 0 amide bonds.